The lowest BCUT2D eigenvalue weighted by molar-refractivity contribution is 1.06. The lowest BCUT2D eigenvalue weighted by Gasteiger charge is -2.16. The molecule has 0 spiro atoms. The summed E-state index contributed by atoms with van der Waals surface area (Å²) in [6.45, 7) is 0. The van der Waals surface area contributed by atoms with Gasteiger partial charge in [-0.25, -0.2) is 15.0 Å². The summed E-state index contributed by atoms with van der Waals surface area (Å²) >= 11 is 1.72. The number of para-hydroxylation sites is 2. The molecule has 8 aromatic carbocycles. The van der Waals surface area contributed by atoms with Crippen LogP contribution < -0.4 is 0 Å². The van der Waals surface area contributed by atoms with Crippen molar-refractivity contribution in [1.82, 2.24) is 19.5 Å². The fraction of sp³-hybridized carbons (Fsp3) is 0. The molecule has 0 radical (unpaired) electrons. The average molecular weight is 741 g/mol. The van der Waals surface area contributed by atoms with Gasteiger partial charge in [0.1, 0.15) is 0 Å². The summed E-state index contributed by atoms with van der Waals surface area (Å²) in [6.07, 6.45) is 0. The van der Waals surface area contributed by atoms with Crippen LogP contribution in [-0.2, 0) is 0 Å². The van der Waals surface area contributed by atoms with Gasteiger partial charge in [-0.2, -0.15) is 0 Å². The molecule has 56 heavy (non-hydrogen) atoms. The highest BCUT2D eigenvalue weighted by Crippen LogP contribution is 2.40. The summed E-state index contributed by atoms with van der Waals surface area (Å²) in [7, 11) is 0. The Morgan fingerprint density at radius 2 is 0.893 bits per heavy atom. The molecule has 11 aromatic rings. The third-order valence-corrected chi connectivity index (χ3v) is 11.3. The molecule has 0 aliphatic heterocycles. The average Bonchev–Trinajstić information content (AvgIpc) is 3.91. The van der Waals surface area contributed by atoms with Crippen LogP contribution in [0.1, 0.15) is 11.0 Å². The van der Waals surface area contributed by atoms with E-state index in [0.29, 0.717) is 22.9 Å². The molecule has 5 heteroatoms. The van der Waals surface area contributed by atoms with Crippen molar-refractivity contribution in [2.45, 2.75) is 0 Å². The van der Waals surface area contributed by atoms with E-state index in [9.17, 15) is 2.74 Å². The van der Waals surface area contributed by atoms with E-state index in [0.717, 1.165) is 48.9 Å². The van der Waals surface area contributed by atoms with E-state index in [1.54, 1.807) is 11.3 Å². The Bertz CT molecular complexity index is 3630. The lowest BCUT2D eigenvalue weighted by Crippen LogP contribution is -2.04. The minimum Gasteiger partial charge on any atom is -0.309 e. The summed E-state index contributed by atoms with van der Waals surface area (Å²) in [5, 5.41) is 2.21. The smallest absolute Gasteiger partial charge is 0.166 e. The van der Waals surface area contributed by atoms with Crippen molar-refractivity contribution in [3.63, 3.8) is 0 Å². The van der Waals surface area contributed by atoms with Crippen LogP contribution in [0.25, 0.3) is 104 Å². The Kier molecular flexibility index (Phi) is 5.92. The minimum absolute atomic E-state index is 0.00206. The van der Waals surface area contributed by atoms with Crippen molar-refractivity contribution in [2.24, 2.45) is 0 Å². The summed E-state index contributed by atoms with van der Waals surface area (Å²) in [5.74, 6) is 1.02. The van der Waals surface area contributed by atoms with Crippen molar-refractivity contribution in [3.05, 3.63) is 194 Å². The van der Waals surface area contributed by atoms with Crippen LogP contribution in [0.5, 0.6) is 0 Å². The zero-order chi connectivity index (χ0) is 44.0. The maximum atomic E-state index is 9.28. The van der Waals surface area contributed by atoms with Crippen molar-refractivity contribution >= 4 is 53.3 Å². The van der Waals surface area contributed by atoms with E-state index in [-0.39, 0.29) is 27.6 Å². The van der Waals surface area contributed by atoms with Crippen molar-refractivity contribution in [2.75, 3.05) is 0 Å². The SMILES string of the molecule is [2H]c1c([2H])c([2H])c2c(c1[2H])c1c([2H])c([2H])c([2H])c([2H])c1n2-c1ccc(-c2ccc3sc4ccccc4c3c2)cc1-c1nc(-c2ccccc2)nc(-c2ccc(-c3ccccc3)cc2)n1. The molecule has 0 N–H and O–H groups in total. The maximum Gasteiger partial charge on any atom is 0.166 e. The van der Waals surface area contributed by atoms with Gasteiger partial charge in [0.2, 0.25) is 0 Å². The predicted octanol–water partition coefficient (Wildman–Crippen LogP) is 13.7. The van der Waals surface area contributed by atoms with Gasteiger partial charge in [0.15, 0.2) is 17.5 Å². The molecule has 0 amide bonds. The number of hydrogen-bond acceptors (Lipinski definition) is 4. The number of benzene rings is 8. The second-order valence-electron chi connectivity index (χ2n) is 13.4. The second-order valence-corrected chi connectivity index (χ2v) is 14.5. The molecular weight excluding hydrogens is 701 g/mol. The zero-order valence-electron chi connectivity index (χ0n) is 37.6. The van der Waals surface area contributed by atoms with Crippen molar-refractivity contribution < 1.29 is 11.0 Å². The van der Waals surface area contributed by atoms with E-state index in [1.807, 2.05) is 115 Å². The molecule has 3 aromatic heterocycles. The van der Waals surface area contributed by atoms with Crippen LogP contribution in [0.4, 0.5) is 0 Å². The third kappa shape index (κ3) is 5.48. The largest absolute Gasteiger partial charge is 0.309 e. The number of thiophene rings is 1. The van der Waals surface area contributed by atoms with Crippen molar-refractivity contribution in [3.8, 4) is 62.1 Å². The topological polar surface area (TPSA) is 43.6 Å². The molecule has 11 rings (SSSR count). The molecule has 0 fully saturated rings. The van der Waals surface area contributed by atoms with Crippen LogP contribution in [0.2, 0.25) is 0 Å². The van der Waals surface area contributed by atoms with Gasteiger partial charge in [0.05, 0.1) is 27.7 Å². The monoisotopic (exact) mass is 740 g/mol. The highest BCUT2D eigenvalue weighted by atomic mass is 32.1. The zero-order valence-corrected chi connectivity index (χ0v) is 30.4. The van der Waals surface area contributed by atoms with Crippen LogP contribution >= 0.6 is 11.3 Å². The molecule has 0 saturated heterocycles. The molecule has 0 saturated carbocycles. The second kappa shape index (κ2) is 13.3. The number of fused-ring (bicyclic) bond motifs is 6. The maximum absolute atomic E-state index is 9.28. The summed E-state index contributed by atoms with van der Waals surface area (Å²) in [5.41, 5.74) is 6.04. The van der Waals surface area contributed by atoms with Gasteiger partial charge in [-0.15, -0.1) is 11.3 Å². The van der Waals surface area contributed by atoms with Crippen LogP contribution in [0.3, 0.4) is 0 Å². The standard InChI is InChI=1S/C51H32N4S/c1-3-13-33(14-4-1)34-23-25-36(26-24-34)50-52-49(35-15-5-2-6-16-35)53-51(54-50)43-32-37(38-28-30-48-42(31-38)41-19-9-12-22-47(41)56-48)27-29-46(43)55-44-20-10-7-17-39(44)40-18-8-11-21-45(40)55/h1-32H/i7D,8D,10D,11D,17D,18D,20D,21D. The predicted molar refractivity (Wildman–Crippen MR) is 234 cm³/mol. The van der Waals surface area contributed by atoms with Gasteiger partial charge in [-0.1, -0.05) is 152 Å². The van der Waals surface area contributed by atoms with Crippen molar-refractivity contribution in [1.29, 1.82) is 0 Å². The van der Waals surface area contributed by atoms with E-state index in [1.165, 1.54) is 9.27 Å². The van der Waals surface area contributed by atoms with Gasteiger partial charge < -0.3 is 4.57 Å². The Hall–Kier alpha value is -7.21. The molecular formula is C51H32N4S. The number of nitrogens with zero attached hydrogens (tertiary/aromatic N) is 4. The van der Waals surface area contributed by atoms with E-state index in [2.05, 4.69) is 30.3 Å². The lowest BCUT2D eigenvalue weighted by atomic mass is 9.99. The molecule has 0 bridgehead atoms. The Balaban J connectivity index is 1.24. The number of aromatic nitrogens is 4. The molecule has 4 nitrogen and oxygen atoms in total. The summed E-state index contributed by atoms with van der Waals surface area (Å²) in [6, 6.07) is 44.2. The fourth-order valence-corrected chi connectivity index (χ4v) is 8.53. The van der Waals surface area contributed by atoms with Gasteiger partial charge in [-0.3, -0.25) is 0 Å². The van der Waals surface area contributed by atoms with E-state index < -0.39 is 48.3 Å². The molecule has 0 aliphatic rings. The molecule has 0 aliphatic carbocycles. The summed E-state index contributed by atoms with van der Waals surface area (Å²) < 4.78 is 75.3. The highest BCUT2D eigenvalue weighted by molar-refractivity contribution is 7.25. The quantitative estimate of drug-likeness (QED) is 0.170. The van der Waals surface area contributed by atoms with Crippen LogP contribution in [0, 0.1) is 0 Å². The first-order valence-electron chi connectivity index (χ1n) is 22.1. The minimum atomic E-state index is -0.510. The summed E-state index contributed by atoms with van der Waals surface area (Å²) in [4.78, 5) is 15.3. The Morgan fingerprint density at radius 1 is 0.393 bits per heavy atom. The number of hydrogen-bond donors (Lipinski definition) is 0. The first-order valence-corrected chi connectivity index (χ1v) is 18.9. The molecule has 0 atom stereocenters. The van der Waals surface area contributed by atoms with Gasteiger partial charge >= 0.3 is 0 Å². The normalized spacial score (nSPS) is 13.6. The van der Waals surface area contributed by atoms with E-state index >= 15 is 0 Å². The van der Waals surface area contributed by atoms with Crippen LogP contribution in [0.15, 0.2) is 194 Å². The Morgan fingerprint density at radius 3 is 1.61 bits per heavy atom. The first-order chi connectivity index (χ1) is 31.1. The first kappa shape index (κ1) is 25.0. The third-order valence-electron chi connectivity index (χ3n) is 10.1. The molecule has 0 unspecified atom stereocenters. The number of rotatable bonds is 6. The van der Waals surface area contributed by atoms with Gasteiger partial charge in [-0.05, 0) is 64.7 Å². The van der Waals surface area contributed by atoms with E-state index in [4.69, 9.17) is 23.2 Å². The highest BCUT2D eigenvalue weighted by Gasteiger charge is 2.20. The molecule has 262 valence electrons. The molecule has 3 heterocycles. The Labute approximate surface area is 338 Å². The van der Waals surface area contributed by atoms with Gasteiger partial charge in [0, 0.05) is 47.6 Å². The van der Waals surface area contributed by atoms with Crippen LogP contribution in [-0.4, -0.2) is 19.5 Å². The fourth-order valence-electron chi connectivity index (χ4n) is 7.44. The van der Waals surface area contributed by atoms with Gasteiger partial charge in [0.25, 0.3) is 0 Å².